The average Bonchev–Trinajstić information content (AvgIpc) is 2.75. The second-order valence-electron chi connectivity index (χ2n) is 5.41. The number of nitrogens with zero attached hydrogens (tertiary/aromatic N) is 3. The molecule has 0 aromatic carbocycles. The van der Waals surface area contributed by atoms with Gasteiger partial charge in [0.15, 0.2) is 5.82 Å². The summed E-state index contributed by atoms with van der Waals surface area (Å²) in [6.45, 7) is 10.4. The molecule has 0 amide bonds. The monoisotopic (exact) mass is 258 g/mol. The number of aromatic nitrogens is 3. The van der Waals surface area contributed by atoms with Crippen LogP contribution in [0.5, 0.6) is 0 Å². The zero-order chi connectivity index (χ0) is 13.8. The van der Waals surface area contributed by atoms with Crippen molar-refractivity contribution in [1.29, 1.82) is 0 Å². The van der Waals surface area contributed by atoms with Gasteiger partial charge in [-0.15, -0.1) is 0 Å². The highest BCUT2D eigenvalue weighted by molar-refractivity contribution is 5.34. The molecule has 0 aliphatic rings. The van der Waals surface area contributed by atoms with Gasteiger partial charge in [-0.25, -0.2) is 9.67 Å². The Labute approximate surface area is 114 Å². The number of hydrogen-bond acceptors (Lipinski definition) is 3. The molecule has 0 spiro atoms. The zero-order valence-corrected chi connectivity index (χ0v) is 12.1. The Hall–Kier alpha value is -1.68. The molecule has 0 aliphatic carbocycles. The van der Waals surface area contributed by atoms with Crippen LogP contribution in [0.15, 0.2) is 24.5 Å². The number of aryl methyl sites for hydroxylation is 2. The van der Waals surface area contributed by atoms with E-state index in [2.05, 4.69) is 42.2 Å². The molecule has 0 aliphatic heterocycles. The standard InChI is InChI=1S/C15H22N4/c1-11(2)8-16-9-14-7-12(3)15(17-10-14)19-6-5-13(4)18-19/h5-7,10-11,16H,8-9H2,1-4H3. The van der Waals surface area contributed by atoms with Gasteiger partial charge in [0, 0.05) is 18.9 Å². The molecule has 2 rings (SSSR count). The molecule has 0 unspecified atom stereocenters. The molecule has 4 nitrogen and oxygen atoms in total. The van der Waals surface area contributed by atoms with E-state index in [1.807, 2.05) is 30.1 Å². The van der Waals surface area contributed by atoms with Crippen LogP contribution in [-0.2, 0) is 6.54 Å². The van der Waals surface area contributed by atoms with Gasteiger partial charge in [0.25, 0.3) is 0 Å². The molecule has 0 radical (unpaired) electrons. The summed E-state index contributed by atoms with van der Waals surface area (Å²) in [4.78, 5) is 4.52. The lowest BCUT2D eigenvalue weighted by Crippen LogP contribution is -2.19. The first kappa shape index (κ1) is 13.7. The summed E-state index contributed by atoms with van der Waals surface area (Å²) < 4.78 is 1.83. The predicted molar refractivity (Wildman–Crippen MR) is 77.4 cm³/mol. The van der Waals surface area contributed by atoms with Crippen LogP contribution >= 0.6 is 0 Å². The minimum Gasteiger partial charge on any atom is -0.312 e. The van der Waals surface area contributed by atoms with Gasteiger partial charge in [0.05, 0.1) is 5.69 Å². The van der Waals surface area contributed by atoms with Crippen molar-refractivity contribution in [2.75, 3.05) is 6.54 Å². The van der Waals surface area contributed by atoms with Gasteiger partial charge < -0.3 is 5.32 Å². The van der Waals surface area contributed by atoms with Crippen molar-refractivity contribution in [3.8, 4) is 5.82 Å². The molecule has 102 valence electrons. The highest BCUT2D eigenvalue weighted by Crippen LogP contribution is 2.12. The quantitative estimate of drug-likeness (QED) is 0.896. The van der Waals surface area contributed by atoms with Gasteiger partial charge in [-0.05, 0) is 49.6 Å². The van der Waals surface area contributed by atoms with Crippen LogP contribution < -0.4 is 5.32 Å². The maximum atomic E-state index is 4.52. The molecule has 2 heterocycles. The molecule has 0 atom stereocenters. The minimum absolute atomic E-state index is 0.667. The smallest absolute Gasteiger partial charge is 0.156 e. The summed E-state index contributed by atoms with van der Waals surface area (Å²) in [5.74, 6) is 1.57. The van der Waals surface area contributed by atoms with Crippen molar-refractivity contribution < 1.29 is 0 Å². The van der Waals surface area contributed by atoms with Crippen LogP contribution in [0, 0.1) is 19.8 Å². The summed E-state index contributed by atoms with van der Waals surface area (Å²) in [5.41, 5.74) is 3.36. The van der Waals surface area contributed by atoms with E-state index < -0.39 is 0 Å². The second kappa shape index (κ2) is 5.97. The van der Waals surface area contributed by atoms with E-state index in [9.17, 15) is 0 Å². The fourth-order valence-electron chi connectivity index (χ4n) is 2.00. The van der Waals surface area contributed by atoms with Crippen molar-refractivity contribution in [3.05, 3.63) is 41.3 Å². The summed E-state index contributed by atoms with van der Waals surface area (Å²) in [6, 6.07) is 4.16. The highest BCUT2D eigenvalue weighted by atomic mass is 15.3. The van der Waals surface area contributed by atoms with Gasteiger partial charge in [-0.3, -0.25) is 0 Å². The van der Waals surface area contributed by atoms with Gasteiger partial charge in [-0.2, -0.15) is 5.10 Å². The van der Waals surface area contributed by atoms with Crippen LogP contribution in [-0.4, -0.2) is 21.3 Å². The van der Waals surface area contributed by atoms with Crippen LogP contribution in [0.3, 0.4) is 0 Å². The SMILES string of the molecule is Cc1ccn(-c2ncc(CNCC(C)C)cc2C)n1. The Morgan fingerprint density at radius 2 is 2.11 bits per heavy atom. The number of rotatable bonds is 5. The zero-order valence-electron chi connectivity index (χ0n) is 12.1. The van der Waals surface area contributed by atoms with Crippen molar-refractivity contribution in [1.82, 2.24) is 20.1 Å². The molecule has 0 saturated heterocycles. The number of hydrogen-bond donors (Lipinski definition) is 1. The first-order valence-electron chi connectivity index (χ1n) is 6.75. The molecule has 1 N–H and O–H groups in total. The first-order chi connectivity index (χ1) is 9.06. The van der Waals surface area contributed by atoms with Crippen molar-refractivity contribution in [2.45, 2.75) is 34.2 Å². The molecule has 2 aromatic rings. The molecule has 19 heavy (non-hydrogen) atoms. The molecule has 2 aromatic heterocycles. The maximum absolute atomic E-state index is 4.52. The van der Waals surface area contributed by atoms with E-state index in [0.29, 0.717) is 5.92 Å². The van der Waals surface area contributed by atoms with E-state index in [-0.39, 0.29) is 0 Å². The fraction of sp³-hybridized carbons (Fsp3) is 0.467. The topological polar surface area (TPSA) is 42.7 Å². The molecular weight excluding hydrogens is 236 g/mol. The predicted octanol–water partition coefficient (Wildman–Crippen LogP) is 2.63. The largest absolute Gasteiger partial charge is 0.312 e. The maximum Gasteiger partial charge on any atom is 0.156 e. The lowest BCUT2D eigenvalue weighted by Gasteiger charge is -2.10. The Balaban J connectivity index is 2.09. The molecule has 0 saturated carbocycles. The molecule has 4 heteroatoms. The molecular formula is C15H22N4. The first-order valence-corrected chi connectivity index (χ1v) is 6.75. The third-order valence-electron chi connectivity index (χ3n) is 2.93. The van der Waals surface area contributed by atoms with Crippen LogP contribution in [0.2, 0.25) is 0 Å². The summed E-state index contributed by atoms with van der Waals surface area (Å²) in [6.07, 6.45) is 3.87. The lowest BCUT2D eigenvalue weighted by molar-refractivity contribution is 0.551. The van der Waals surface area contributed by atoms with E-state index in [1.165, 1.54) is 5.56 Å². The van der Waals surface area contributed by atoms with Crippen molar-refractivity contribution >= 4 is 0 Å². The third-order valence-corrected chi connectivity index (χ3v) is 2.93. The fourth-order valence-corrected chi connectivity index (χ4v) is 2.00. The van der Waals surface area contributed by atoms with Gasteiger partial charge in [0.2, 0.25) is 0 Å². The Morgan fingerprint density at radius 1 is 1.32 bits per heavy atom. The van der Waals surface area contributed by atoms with Crippen LogP contribution in [0.25, 0.3) is 5.82 Å². The number of nitrogens with one attached hydrogen (secondary N) is 1. The van der Waals surface area contributed by atoms with Gasteiger partial charge in [0.1, 0.15) is 0 Å². The average molecular weight is 258 g/mol. The summed E-state index contributed by atoms with van der Waals surface area (Å²) in [7, 11) is 0. The number of pyridine rings is 1. The van der Waals surface area contributed by atoms with Gasteiger partial charge in [-0.1, -0.05) is 13.8 Å². The van der Waals surface area contributed by atoms with E-state index in [0.717, 1.165) is 30.2 Å². The Morgan fingerprint density at radius 3 is 2.68 bits per heavy atom. The van der Waals surface area contributed by atoms with Crippen LogP contribution in [0.4, 0.5) is 0 Å². The van der Waals surface area contributed by atoms with Crippen LogP contribution in [0.1, 0.15) is 30.7 Å². The van der Waals surface area contributed by atoms with Crippen molar-refractivity contribution in [3.63, 3.8) is 0 Å². The summed E-state index contributed by atoms with van der Waals surface area (Å²) in [5, 5.41) is 7.82. The molecule has 0 fully saturated rings. The summed E-state index contributed by atoms with van der Waals surface area (Å²) >= 11 is 0. The van der Waals surface area contributed by atoms with E-state index in [1.54, 1.807) is 0 Å². The Bertz CT molecular complexity index is 543. The normalized spacial score (nSPS) is 11.2. The van der Waals surface area contributed by atoms with E-state index >= 15 is 0 Å². The lowest BCUT2D eigenvalue weighted by atomic mass is 10.2. The Kier molecular flexibility index (Phi) is 4.32. The highest BCUT2D eigenvalue weighted by Gasteiger charge is 2.05. The third kappa shape index (κ3) is 3.64. The van der Waals surface area contributed by atoms with E-state index in [4.69, 9.17) is 0 Å². The van der Waals surface area contributed by atoms with Crippen molar-refractivity contribution in [2.24, 2.45) is 5.92 Å². The second-order valence-corrected chi connectivity index (χ2v) is 5.41. The minimum atomic E-state index is 0.667. The van der Waals surface area contributed by atoms with Gasteiger partial charge >= 0.3 is 0 Å². The molecule has 0 bridgehead atoms.